The van der Waals surface area contributed by atoms with E-state index >= 15 is 0 Å². The van der Waals surface area contributed by atoms with Crippen LogP contribution in [-0.2, 0) is 6.18 Å². The number of carbonyl (C=O) groups is 1. The first-order valence-corrected chi connectivity index (χ1v) is 4.62. The molecule has 1 N–H and O–H groups in total. The van der Waals surface area contributed by atoms with Gasteiger partial charge in [-0.3, -0.25) is 9.89 Å². The highest BCUT2D eigenvalue weighted by atomic mass is 19.4. The van der Waals surface area contributed by atoms with E-state index in [0.29, 0.717) is 0 Å². The number of fused-ring (bicyclic) bond motifs is 3. The number of hydrogen-bond acceptors (Lipinski definition) is 2. The fourth-order valence-electron chi connectivity index (χ4n) is 2.55. The van der Waals surface area contributed by atoms with Crippen molar-refractivity contribution in [3.05, 3.63) is 17.0 Å². The Kier molecular flexibility index (Phi) is 1.34. The number of alkyl halides is 3. The molecule has 80 valence electrons. The third-order valence-electron chi connectivity index (χ3n) is 3.33. The molecule has 1 saturated carbocycles. The topological polar surface area (TPSA) is 45.8 Å². The van der Waals surface area contributed by atoms with E-state index in [9.17, 15) is 18.0 Å². The second-order valence-corrected chi connectivity index (χ2v) is 4.13. The lowest BCUT2D eigenvalue weighted by Gasteiger charge is -2.04. The number of ketones is 1. The Labute approximate surface area is 82.7 Å². The van der Waals surface area contributed by atoms with Crippen LogP contribution >= 0.6 is 0 Å². The monoisotopic (exact) mass is 216 g/mol. The highest BCUT2D eigenvalue weighted by Gasteiger charge is 2.62. The Morgan fingerprint density at radius 3 is 2.60 bits per heavy atom. The zero-order valence-corrected chi connectivity index (χ0v) is 7.72. The predicted molar refractivity (Wildman–Crippen MR) is 43.3 cm³/mol. The molecule has 0 amide bonds. The minimum atomic E-state index is -4.47. The van der Waals surface area contributed by atoms with E-state index in [1.54, 1.807) is 6.92 Å². The van der Waals surface area contributed by atoms with E-state index in [4.69, 9.17) is 0 Å². The van der Waals surface area contributed by atoms with Gasteiger partial charge < -0.3 is 0 Å². The van der Waals surface area contributed by atoms with Crippen LogP contribution in [0.2, 0.25) is 0 Å². The zero-order valence-electron chi connectivity index (χ0n) is 7.72. The Bertz CT molecular complexity index is 462. The maximum atomic E-state index is 12.5. The summed E-state index contributed by atoms with van der Waals surface area (Å²) in [4.78, 5) is 11.6. The average molecular weight is 216 g/mol. The van der Waals surface area contributed by atoms with Crippen LogP contribution in [0.5, 0.6) is 0 Å². The standard InChI is InChI=1S/C9H7F3N2O/c1-2-3-4(2)7(15)6-5(3)8(14-13-6)9(10,11)12/h2-4H,1H3,(H,13,14)/t2-,3+,4-/m1/s1. The second-order valence-electron chi connectivity index (χ2n) is 4.13. The fraction of sp³-hybridized carbons (Fsp3) is 0.556. The van der Waals surface area contributed by atoms with Crippen LogP contribution in [0.1, 0.15) is 34.6 Å². The summed E-state index contributed by atoms with van der Waals surface area (Å²) in [6.07, 6.45) is -4.47. The molecule has 0 saturated heterocycles. The molecule has 2 aliphatic rings. The van der Waals surface area contributed by atoms with Crippen molar-refractivity contribution in [3.8, 4) is 0 Å². The Balaban J connectivity index is 2.17. The van der Waals surface area contributed by atoms with E-state index in [2.05, 4.69) is 10.2 Å². The molecule has 0 aromatic carbocycles. The number of Topliss-reactive ketones (excluding diaryl/α,β-unsaturated/α-hetero) is 1. The number of hydrogen-bond donors (Lipinski definition) is 1. The predicted octanol–water partition coefficient (Wildman–Crippen LogP) is 1.97. The molecular formula is C9H7F3N2O. The number of aromatic amines is 1. The number of carbonyl (C=O) groups excluding carboxylic acids is 1. The van der Waals surface area contributed by atoms with Crippen molar-refractivity contribution in [3.63, 3.8) is 0 Å². The first-order chi connectivity index (χ1) is 6.93. The van der Waals surface area contributed by atoms with Gasteiger partial charge in [0.05, 0.1) is 0 Å². The van der Waals surface area contributed by atoms with Gasteiger partial charge in [-0.05, 0) is 5.92 Å². The van der Waals surface area contributed by atoms with Crippen LogP contribution in [0.25, 0.3) is 0 Å². The molecule has 0 radical (unpaired) electrons. The number of nitrogens with zero attached hydrogens (tertiary/aromatic N) is 1. The van der Waals surface area contributed by atoms with Crippen molar-refractivity contribution in [2.24, 2.45) is 11.8 Å². The highest BCUT2D eigenvalue weighted by Crippen LogP contribution is 2.62. The number of H-pyrrole nitrogens is 1. The van der Waals surface area contributed by atoms with Gasteiger partial charge in [-0.1, -0.05) is 6.92 Å². The van der Waals surface area contributed by atoms with Gasteiger partial charge in [0.1, 0.15) is 5.69 Å². The van der Waals surface area contributed by atoms with Crippen molar-refractivity contribution in [1.29, 1.82) is 0 Å². The molecule has 0 aliphatic heterocycles. The van der Waals surface area contributed by atoms with Crippen LogP contribution in [0, 0.1) is 11.8 Å². The maximum absolute atomic E-state index is 12.5. The number of nitrogens with one attached hydrogen (secondary N) is 1. The Hall–Kier alpha value is -1.33. The van der Waals surface area contributed by atoms with E-state index in [-0.39, 0.29) is 34.8 Å². The summed E-state index contributed by atoms with van der Waals surface area (Å²) in [5, 5.41) is 5.40. The molecule has 0 unspecified atom stereocenters. The Morgan fingerprint density at radius 1 is 1.33 bits per heavy atom. The smallest absolute Gasteiger partial charge is 0.292 e. The SMILES string of the molecule is C[C@H]1[C@H]2C(=O)c3[nH]nc(C(F)(F)F)c3[C@@H]12. The third kappa shape index (κ3) is 0.917. The molecule has 1 heterocycles. The minimum Gasteiger partial charge on any atom is -0.292 e. The van der Waals surface area contributed by atoms with Crippen LogP contribution in [0.15, 0.2) is 0 Å². The van der Waals surface area contributed by atoms with Crippen molar-refractivity contribution < 1.29 is 18.0 Å². The van der Waals surface area contributed by atoms with Crippen LogP contribution in [0.4, 0.5) is 13.2 Å². The van der Waals surface area contributed by atoms with Crippen LogP contribution < -0.4 is 0 Å². The van der Waals surface area contributed by atoms with Crippen LogP contribution in [0.3, 0.4) is 0 Å². The van der Waals surface area contributed by atoms with Crippen molar-refractivity contribution >= 4 is 5.78 Å². The molecule has 1 aromatic rings. The number of aromatic nitrogens is 2. The summed E-state index contributed by atoms with van der Waals surface area (Å²) in [6.45, 7) is 1.79. The minimum absolute atomic E-state index is 0.0312. The summed E-state index contributed by atoms with van der Waals surface area (Å²) in [7, 11) is 0. The first kappa shape index (κ1) is 8.94. The van der Waals surface area contributed by atoms with E-state index in [1.807, 2.05) is 0 Å². The normalized spacial score (nSPS) is 32.8. The molecule has 0 spiro atoms. The largest absolute Gasteiger partial charge is 0.435 e. The summed E-state index contributed by atoms with van der Waals surface area (Å²) in [5.41, 5.74) is -0.761. The van der Waals surface area contributed by atoms with Gasteiger partial charge in [-0.15, -0.1) is 0 Å². The summed E-state index contributed by atoms with van der Waals surface area (Å²) in [6, 6.07) is 0. The molecule has 1 fully saturated rings. The van der Waals surface area contributed by atoms with Crippen LogP contribution in [-0.4, -0.2) is 16.0 Å². The van der Waals surface area contributed by atoms with Gasteiger partial charge in [0.2, 0.25) is 0 Å². The van der Waals surface area contributed by atoms with E-state index in [0.717, 1.165) is 0 Å². The highest BCUT2D eigenvalue weighted by molar-refractivity contribution is 6.05. The van der Waals surface area contributed by atoms with Gasteiger partial charge in [0.25, 0.3) is 0 Å². The zero-order chi connectivity index (χ0) is 11.0. The Morgan fingerprint density at radius 2 is 2.00 bits per heavy atom. The molecule has 1 aromatic heterocycles. The molecule has 0 bridgehead atoms. The lowest BCUT2D eigenvalue weighted by Crippen LogP contribution is -2.08. The van der Waals surface area contributed by atoms with E-state index < -0.39 is 11.9 Å². The summed E-state index contributed by atoms with van der Waals surface area (Å²) >= 11 is 0. The van der Waals surface area contributed by atoms with Gasteiger partial charge in [-0.25, -0.2) is 0 Å². The second kappa shape index (κ2) is 2.25. The van der Waals surface area contributed by atoms with Gasteiger partial charge in [0.15, 0.2) is 11.5 Å². The van der Waals surface area contributed by atoms with Crippen molar-refractivity contribution in [1.82, 2.24) is 10.2 Å². The first-order valence-electron chi connectivity index (χ1n) is 4.62. The molecular weight excluding hydrogens is 209 g/mol. The quantitative estimate of drug-likeness (QED) is 0.720. The fourth-order valence-corrected chi connectivity index (χ4v) is 2.55. The van der Waals surface area contributed by atoms with E-state index in [1.165, 1.54) is 0 Å². The van der Waals surface area contributed by atoms with Gasteiger partial charge in [-0.2, -0.15) is 18.3 Å². The van der Waals surface area contributed by atoms with Crippen molar-refractivity contribution in [2.75, 3.05) is 0 Å². The maximum Gasteiger partial charge on any atom is 0.435 e. The lowest BCUT2D eigenvalue weighted by molar-refractivity contribution is -0.141. The molecule has 3 atom stereocenters. The van der Waals surface area contributed by atoms with Crippen molar-refractivity contribution in [2.45, 2.75) is 19.0 Å². The molecule has 3 rings (SSSR count). The molecule has 2 aliphatic carbocycles. The number of halogens is 3. The molecule has 3 nitrogen and oxygen atoms in total. The third-order valence-corrected chi connectivity index (χ3v) is 3.33. The van der Waals surface area contributed by atoms with Gasteiger partial charge >= 0.3 is 6.18 Å². The number of rotatable bonds is 0. The lowest BCUT2D eigenvalue weighted by atomic mass is 10.1. The molecule has 15 heavy (non-hydrogen) atoms. The van der Waals surface area contributed by atoms with Gasteiger partial charge in [0, 0.05) is 17.4 Å². The summed E-state index contributed by atoms with van der Waals surface area (Å²) in [5.74, 6) is -0.688. The average Bonchev–Trinajstić information content (AvgIpc) is 2.55. The summed E-state index contributed by atoms with van der Waals surface area (Å²) < 4.78 is 37.6. The molecule has 6 heteroatoms.